The normalized spacial score (nSPS) is 27.1. The van der Waals surface area contributed by atoms with Crippen LogP contribution in [0.5, 0.6) is 0 Å². The Balaban J connectivity index is 2.03. The number of hydrogen-bond acceptors (Lipinski definition) is 6. The highest BCUT2D eigenvalue weighted by molar-refractivity contribution is 5.90. The third kappa shape index (κ3) is 3.56. The topological polar surface area (TPSA) is 69.3 Å². The summed E-state index contributed by atoms with van der Waals surface area (Å²) in [6.45, 7) is 7.34. The second-order valence-electron chi connectivity index (χ2n) is 5.59. The molecule has 2 aliphatic rings. The SMILES string of the molecule is CCCN(CCC)C12C=C(OCCOOC)N=C(N)C1C2. The van der Waals surface area contributed by atoms with Crippen LogP contribution in [-0.2, 0) is 14.5 Å². The first-order valence-electron chi connectivity index (χ1n) is 7.78. The molecule has 2 rings (SSSR count). The molecule has 21 heavy (non-hydrogen) atoms. The third-order valence-corrected chi connectivity index (χ3v) is 4.05. The zero-order chi connectivity index (χ0) is 15.3. The predicted octanol–water partition coefficient (Wildman–Crippen LogP) is 1.67. The fourth-order valence-corrected chi connectivity index (χ4v) is 3.09. The van der Waals surface area contributed by atoms with Crippen LogP contribution in [0, 0.1) is 5.92 Å². The van der Waals surface area contributed by atoms with Crippen molar-refractivity contribution in [1.29, 1.82) is 0 Å². The standard InChI is InChI=1S/C15H27N3O3/c1-4-6-18(7-5-2)15-10-12(15)14(16)17-13(11-15)20-8-9-21-19-3/h11-12H,4-10H2,1-3H3,(H2,16,17). The molecule has 0 spiro atoms. The number of ether oxygens (including phenoxy) is 1. The number of hydrogen-bond donors (Lipinski definition) is 1. The highest BCUT2D eigenvalue weighted by atomic mass is 17.2. The molecule has 0 aromatic rings. The smallest absolute Gasteiger partial charge is 0.212 e. The van der Waals surface area contributed by atoms with Crippen LogP contribution < -0.4 is 5.73 Å². The van der Waals surface area contributed by atoms with E-state index in [0.717, 1.165) is 32.4 Å². The number of rotatable bonds is 10. The number of aliphatic imine (C=N–C) groups is 1. The van der Waals surface area contributed by atoms with E-state index in [1.54, 1.807) is 0 Å². The van der Waals surface area contributed by atoms with Crippen LogP contribution in [-0.4, -0.2) is 49.7 Å². The van der Waals surface area contributed by atoms with Crippen LogP contribution in [0.2, 0.25) is 0 Å². The van der Waals surface area contributed by atoms with Gasteiger partial charge in [-0.2, -0.15) is 0 Å². The molecule has 0 saturated heterocycles. The maximum atomic E-state index is 6.10. The van der Waals surface area contributed by atoms with Crippen molar-refractivity contribution in [2.24, 2.45) is 16.6 Å². The van der Waals surface area contributed by atoms with Crippen LogP contribution in [0.4, 0.5) is 0 Å². The van der Waals surface area contributed by atoms with Crippen LogP contribution in [0.1, 0.15) is 33.1 Å². The van der Waals surface area contributed by atoms with Gasteiger partial charge in [-0.3, -0.25) is 4.90 Å². The highest BCUT2D eigenvalue weighted by Crippen LogP contribution is 2.52. The molecule has 0 radical (unpaired) electrons. The fraction of sp³-hybridized carbons (Fsp3) is 0.800. The van der Waals surface area contributed by atoms with E-state index in [0.29, 0.717) is 30.9 Å². The lowest BCUT2D eigenvalue weighted by atomic mass is 10.1. The van der Waals surface area contributed by atoms with Crippen LogP contribution in [0.25, 0.3) is 0 Å². The van der Waals surface area contributed by atoms with E-state index in [2.05, 4.69) is 34.7 Å². The predicted molar refractivity (Wildman–Crippen MR) is 81.6 cm³/mol. The molecular weight excluding hydrogens is 270 g/mol. The van der Waals surface area contributed by atoms with Gasteiger partial charge in [-0.15, -0.1) is 0 Å². The Kier molecular flexibility index (Phi) is 5.61. The molecule has 1 aliphatic heterocycles. The average molecular weight is 297 g/mol. The minimum atomic E-state index is 0.0231. The van der Waals surface area contributed by atoms with Crippen LogP contribution in [0.3, 0.4) is 0 Å². The summed E-state index contributed by atoms with van der Waals surface area (Å²) in [6, 6.07) is 0. The summed E-state index contributed by atoms with van der Waals surface area (Å²) in [5.41, 5.74) is 6.13. The van der Waals surface area contributed by atoms with Crippen molar-refractivity contribution in [3.63, 3.8) is 0 Å². The molecule has 2 atom stereocenters. The molecule has 120 valence electrons. The monoisotopic (exact) mass is 297 g/mol. The minimum absolute atomic E-state index is 0.0231. The quantitative estimate of drug-likeness (QED) is 0.377. The summed E-state index contributed by atoms with van der Waals surface area (Å²) in [4.78, 5) is 16.2. The molecule has 1 aliphatic carbocycles. The van der Waals surface area contributed by atoms with Gasteiger partial charge in [-0.25, -0.2) is 14.8 Å². The maximum absolute atomic E-state index is 6.10. The first-order valence-corrected chi connectivity index (χ1v) is 7.78. The molecule has 1 heterocycles. The van der Waals surface area contributed by atoms with Crippen molar-refractivity contribution in [2.75, 3.05) is 33.4 Å². The van der Waals surface area contributed by atoms with Gasteiger partial charge in [0.1, 0.15) is 19.0 Å². The maximum Gasteiger partial charge on any atom is 0.212 e. The van der Waals surface area contributed by atoms with Crippen molar-refractivity contribution in [3.05, 3.63) is 12.0 Å². The lowest BCUT2D eigenvalue weighted by molar-refractivity contribution is -0.276. The Labute approximate surface area is 126 Å². The van der Waals surface area contributed by atoms with E-state index in [9.17, 15) is 0 Å². The third-order valence-electron chi connectivity index (χ3n) is 4.05. The molecule has 0 amide bonds. The number of nitrogens with two attached hydrogens (primary N) is 1. The van der Waals surface area contributed by atoms with E-state index in [1.807, 2.05) is 0 Å². The lowest BCUT2D eigenvalue weighted by Gasteiger charge is -2.32. The Morgan fingerprint density at radius 1 is 1.33 bits per heavy atom. The summed E-state index contributed by atoms with van der Waals surface area (Å²) in [7, 11) is 1.48. The first kappa shape index (κ1) is 16.3. The number of fused-ring (bicyclic) bond motifs is 1. The Bertz CT molecular complexity index is 405. The highest BCUT2D eigenvalue weighted by Gasteiger charge is 2.60. The molecule has 0 bridgehead atoms. The van der Waals surface area contributed by atoms with Gasteiger partial charge in [0.05, 0.1) is 12.6 Å². The zero-order valence-electron chi connectivity index (χ0n) is 13.3. The summed E-state index contributed by atoms with van der Waals surface area (Å²) >= 11 is 0. The van der Waals surface area contributed by atoms with E-state index in [4.69, 9.17) is 15.4 Å². The van der Waals surface area contributed by atoms with E-state index >= 15 is 0 Å². The van der Waals surface area contributed by atoms with Crippen LogP contribution in [0.15, 0.2) is 17.0 Å². The van der Waals surface area contributed by atoms with Crippen molar-refractivity contribution in [2.45, 2.75) is 38.6 Å². The van der Waals surface area contributed by atoms with E-state index in [1.165, 1.54) is 7.11 Å². The molecule has 0 aromatic carbocycles. The first-order chi connectivity index (χ1) is 10.2. The van der Waals surface area contributed by atoms with Gasteiger partial charge in [0.2, 0.25) is 5.88 Å². The van der Waals surface area contributed by atoms with Crippen molar-refractivity contribution >= 4 is 5.84 Å². The summed E-state index contributed by atoms with van der Waals surface area (Å²) in [5, 5.41) is 0. The molecule has 1 fully saturated rings. The lowest BCUT2D eigenvalue weighted by Crippen LogP contribution is -2.42. The molecule has 2 unspecified atom stereocenters. The van der Waals surface area contributed by atoms with Crippen molar-refractivity contribution < 1.29 is 14.5 Å². The van der Waals surface area contributed by atoms with Gasteiger partial charge in [0.25, 0.3) is 0 Å². The van der Waals surface area contributed by atoms with Gasteiger partial charge in [-0.05, 0) is 38.4 Å². The molecule has 6 heteroatoms. The second kappa shape index (κ2) is 7.24. The zero-order valence-corrected chi connectivity index (χ0v) is 13.3. The molecule has 1 saturated carbocycles. The van der Waals surface area contributed by atoms with Gasteiger partial charge in [0.15, 0.2) is 0 Å². The van der Waals surface area contributed by atoms with Gasteiger partial charge in [-0.1, -0.05) is 13.8 Å². The Morgan fingerprint density at radius 3 is 2.67 bits per heavy atom. The van der Waals surface area contributed by atoms with Gasteiger partial charge >= 0.3 is 0 Å². The second-order valence-corrected chi connectivity index (χ2v) is 5.59. The Hall–Kier alpha value is -1.11. The average Bonchev–Trinajstić information content (AvgIpc) is 3.20. The largest absolute Gasteiger partial charge is 0.475 e. The molecule has 2 N–H and O–H groups in total. The summed E-state index contributed by atoms with van der Waals surface area (Å²) < 4.78 is 5.65. The van der Waals surface area contributed by atoms with Crippen LogP contribution >= 0.6 is 0 Å². The summed E-state index contributed by atoms with van der Waals surface area (Å²) in [6.07, 6.45) is 5.46. The van der Waals surface area contributed by atoms with E-state index in [-0.39, 0.29) is 5.54 Å². The molecule has 0 aromatic heterocycles. The fourth-order valence-electron chi connectivity index (χ4n) is 3.09. The number of amidine groups is 1. The van der Waals surface area contributed by atoms with Gasteiger partial charge < -0.3 is 10.5 Å². The van der Waals surface area contributed by atoms with Crippen molar-refractivity contribution in [3.8, 4) is 0 Å². The Morgan fingerprint density at radius 2 is 2.05 bits per heavy atom. The number of nitrogens with zero attached hydrogens (tertiary/aromatic N) is 2. The molecule has 6 nitrogen and oxygen atoms in total. The minimum Gasteiger partial charge on any atom is -0.475 e. The molecular formula is C15H27N3O3. The summed E-state index contributed by atoms with van der Waals surface area (Å²) in [5.74, 6) is 1.65. The van der Waals surface area contributed by atoms with E-state index < -0.39 is 0 Å². The van der Waals surface area contributed by atoms with Gasteiger partial charge in [0, 0.05) is 5.92 Å². The van der Waals surface area contributed by atoms with Crippen molar-refractivity contribution in [1.82, 2.24) is 4.90 Å².